The van der Waals surface area contributed by atoms with Crippen molar-refractivity contribution in [3.8, 4) is 5.75 Å². The average molecular weight is 575 g/mol. The molecule has 6 atom stereocenters. The van der Waals surface area contributed by atoms with E-state index < -0.39 is 28.2 Å². The second kappa shape index (κ2) is 13.3. The summed E-state index contributed by atoms with van der Waals surface area (Å²) in [6.07, 6.45) is 3.55. The van der Waals surface area contributed by atoms with E-state index in [4.69, 9.17) is 18.9 Å². The topological polar surface area (TPSA) is 94.6 Å². The third-order valence-corrected chi connectivity index (χ3v) is 9.58. The summed E-state index contributed by atoms with van der Waals surface area (Å²) < 4.78 is 50.5. The second-order valence-corrected chi connectivity index (χ2v) is 12.8. The molecule has 0 radical (unpaired) electrons. The van der Waals surface area contributed by atoms with Crippen LogP contribution in [0.3, 0.4) is 0 Å². The zero-order valence-electron chi connectivity index (χ0n) is 24.1. The van der Waals surface area contributed by atoms with Gasteiger partial charge in [0.05, 0.1) is 45.3 Å². The summed E-state index contributed by atoms with van der Waals surface area (Å²) in [5.74, 6) is 1.09. The van der Waals surface area contributed by atoms with Crippen LogP contribution in [0.5, 0.6) is 5.75 Å². The van der Waals surface area contributed by atoms with E-state index in [0.717, 1.165) is 24.8 Å². The minimum Gasteiger partial charge on any atom is -0.497 e. The van der Waals surface area contributed by atoms with Crippen LogP contribution in [-0.2, 0) is 30.8 Å². The first-order valence-corrected chi connectivity index (χ1v) is 15.7. The molecule has 0 spiro atoms. The Balaban J connectivity index is 1.54. The lowest BCUT2D eigenvalue weighted by molar-refractivity contribution is -0.0929. The fraction of sp³-hybridized carbons (Fsp3) is 0.567. The zero-order valence-corrected chi connectivity index (χ0v) is 24.9. The molecule has 3 unspecified atom stereocenters. The Labute approximate surface area is 238 Å². The van der Waals surface area contributed by atoms with E-state index >= 15 is 0 Å². The van der Waals surface area contributed by atoms with E-state index in [-0.39, 0.29) is 31.4 Å². The number of hydrogen-bond acceptors (Lipinski definition) is 7. The summed E-state index contributed by atoms with van der Waals surface area (Å²) in [6.45, 7) is 2.27. The van der Waals surface area contributed by atoms with Crippen molar-refractivity contribution in [2.75, 3.05) is 34.2 Å². The molecule has 1 aliphatic carbocycles. The van der Waals surface area contributed by atoms with Gasteiger partial charge in [0, 0.05) is 25.7 Å². The number of carbonyl (C=O) groups excluding carboxylic acids is 1. The highest BCUT2D eigenvalue weighted by atomic mass is 32.2. The highest BCUT2D eigenvalue weighted by molar-refractivity contribution is 7.88. The normalized spacial score (nSPS) is 27.1. The van der Waals surface area contributed by atoms with Crippen LogP contribution in [0.4, 0.5) is 4.79 Å². The van der Waals surface area contributed by atoms with Gasteiger partial charge >= 0.3 is 6.09 Å². The van der Waals surface area contributed by atoms with E-state index in [1.54, 1.807) is 19.1 Å². The van der Waals surface area contributed by atoms with Crippen LogP contribution in [0.2, 0.25) is 0 Å². The Morgan fingerprint density at radius 1 is 0.975 bits per heavy atom. The molecule has 220 valence electrons. The molecular weight excluding hydrogens is 532 g/mol. The smallest absolute Gasteiger partial charge is 0.410 e. The van der Waals surface area contributed by atoms with E-state index in [1.165, 1.54) is 23.2 Å². The van der Waals surface area contributed by atoms with Crippen molar-refractivity contribution >= 4 is 16.1 Å². The summed E-state index contributed by atoms with van der Waals surface area (Å²) in [4.78, 5) is 14.5. The number of methoxy groups -OCH3 is 3. The van der Waals surface area contributed by atoms with Crippen molar-refractivity contribution in [2.45, 2.75) is 75.4 Å². The van der Waals surface area contributed by atoms with Crippen molar-refractivity contribution in [1.29, 1.82) is 0 Å². The van der Waals surface area contributed by atoms with Crippen LogP contribution in [0, 0.1) is 0 Å². The van der Waals surface area contributed by atoms with E-state index in [9.17, 15) is 13.2 Å². The predicted molar refractivity (Wildman–Crippen MR) is 153 cm³/mol. The standard InChI is InChI=1S/C30H42N2O7S/c1-21-17-26(31(40(5,34)35)19-22-11-14-25(36-2)15-12-22)27(32(21)30(33)38-4)20-39-28-16-13-24(18-29(28)37-3)23-9-7-6-8-10-23/h6-12,14-15,21,24,26-29H,13,16-20H2,1-5H3/t21-,24?,26-,27-,28?,29?/m0/s1. The molecule has 1 saturated heterocycles. The predicted octanol–water partition coefficient (Wildman–Crippen LogP) is 4.42. The van der Waals surface area contributed by atoms with Crippen LogP contribution in [-0.4, -0.2) is 88.2 Å². The van der Waals surface area contributed by atoms with Gasteiger partial charge < -0.3 is 18.9 Å². The molecular formula is C30H42N2O7S. The number of sulfonamides is 1. The molecule has 2 aliphatic rings. The third-order valence-electron chi connectivity index (χ3n) is 8.32. The molecule has 2 aromatic rings. The monoisotopic (exact) mass is 574 g/mol. The van der Waals surface area contributed by atoms with Gasteiger partial charge in [0.15, 0.2) is 0 Å². The number of likely N-dealkylation sites (tertiary alicyclic amines) is 1. The van der Waals surface area contributed by atoms with Gasteiger partial charge in [0.1, 0.15) is 5.75 Å². The Kier molecular flexibility index (Phi) is 10.1. The Bertz CT molecular complexity index is 1210. The number of nitrogens with zero attached hydrogens (tertiary/aromatic N) is 2. The molecule has 0 N–H and O–H groups in total. The molecule has 1 amide bonds. The molecule has 0 bridgehead atoms. The third kappa shape index (κ3) is 6.97. The van der Waals surface area contributed by atoms with Gasteiger partial charge in [0.2, 0.25) is 10.0 Å². The highest BCUT2D eigenvalue weighted by Crippen LogP contribution is 2.37. The summed E-state index contributed by atoms with van der Waals surface area (Å²) in [7, 11) is 1.01. The Hall–Kier alpha value is -2.66. The van der Waals surface area contributed by atoms with Crippen molar-refractivity contribution in [3.63, 3.8) is 0 Å². The van der Waals surface area contributed by atoms with Gasteiger partial charge in [-0.2, -0.15) is 4.31 Å². The molecule has 4 rings (SSSR count). The quantitative estimate of drug-likeness (QED) is 0.415. The second-order valence-electron chi connectivity index (χ2n) is 10.8. The highest BCUT2D eigenvalue weighted by Gasteiger charge is 2.48. The summed E-state index contributed by atoms with van der Waals surface area (Å²) in [5.41, 5.74) is 2.13. The zero-order chi connectivity index (χ0) is 28.9. The van der Waals surface area contributed by atoms with Gasteiger partial charge in [0.25, 0.3) is 0 Å². The molecule has 2 fully saturated rings. The Morgan fingerprint density at radius 3 is 2.27 bits per heavy atom. The van der Waals surface area contributed by atoms with Gasteiger partial charge in [-0.15, -0.1) is 0 Å². The number of ether oxygens (including phenoxy) is 4. The van der Waals surface area contributed by atoms with Crippen molar-refractivity contribution in [1.82, 2.24) is 9.21 Å². The van der Waals surface area contributed by atoms with Crippen molar-refractivity contribution < 1.29 is 32.2 Å². The molecule has 9 nitrogen and oxygen atoms in total. The van der Waals surface area contributed by atoms with Crippen LogP contribution < -0.4 is 4.74 Å². The molecule has 1 aliphatic heterocycles. The molecule has 1 saturated carbocycles. The first-order chi connectivity index (χ1) is 19.2. The van der Waals surface area contributed by atoms with Crippen LogP contribution in [0.15, 0.2) is 54.6 Å². The van der Waals surface area contributed by atoms with Crippen molar-refractivity contribution in [3.05, 3.63) is 65.7 Å². The maximum atomic E-state index is 13.1. The Morgan fingerprint density at radius 2 is 1.68 bits per heavy atom. The SMILES string of the molecule is COC(=O)N1[C@@H](C)C[C@H](N(Cc2ccc(OC)cc2)S(C)(=O)=O)[C@@H]1COC1CCC(c2ccccc2)CC1OC. The number of amides is 1. The maximum absolute atomic E-state index is 13.1. The largest absolute Gasteiger partial charge is 0.497 e. The van der Waals surface area contributed by atoms with Gasteiger partial charge in [-0.3, -0.25) is 4.90 Å². The van der Waals surface area contributed by atoms with Crippen LogP contribution in [0.1, 0.15) is 49.7 Å². The van der Waals surface area contributed by atoms with E-state index in [0.29, 0.717) is 18.1 Å². The maximum Gasteiger partial charge on any atom is 0.410 e. The number of benzene rings is 2. The molecule has 10 heteroatoms. The van der Waals surface area contributed by atoms with Gasteiger partial charge in [-0.25, -0.2) is 13.2 Å². The molecule has 1 heterocycles. The summed E-state index contributed by atoms with van der Waals surface area (Å²) in [6, 6.07) is 16.6. The molecule has 40 heavy (non-hydrogen) atoms. The van der Waals surface area contributed by atoms with E-state index in [1.807, 2.05) is 37.3 Å². The lowest BCUT2D eigenvalue weighted by atomic mass is 9.81. The average Bonchev–Trinajstić information content (AvgIpc) is 3.29. The lowest BCUT2D eigenvalue weighted by Crippen LogP contribution is -2.52. The minimum absolute atomic E-state index is 0.104. The van der Waals surface area contributed by atoms with Crippen LogP contribution in [0.25, 0.3) is 0 Å². The van der Waals surface area contributed by atoms with Crippen LogP contribution >= 0.6 is 0 Å². The number of carbonyl (C=O) groups is 1. The van der Waals surface area contributed by atoms with E-state index in [2.05, 4.69) is 24.3 Å². The van der Waals surface area contributed by atoms with Gasteiger partial charge in [-0.1, -0.05) is 42.5 Å². The fourth-order valence-corrected chi connectivity index (χ4v) is 7.34. The molecule has 0 aromatic heterocycles. The fourth-order valence-electron chi connectivity index (χ4n) is 6.24. The molecule has 2 aromatic carbocycles. The lowest BCUT2D eigenvalue weighted by Gasteiger charge is -2.38. The number of hydrogen-bond donors (Lipinski definition) is 0. The van der Waals surface area contributed by atoms with Gasteiger partial charge in [-0.05, 0) is 61.8 Å². The first kappa shape index (κ1) is 30.3. The van der Waals surface area contributed by atoms with Crippen molar-refractivity contribution in [2.24, 2.45) is 0 Å². The first-order valence-electron chi connectivity index (χ1n) is 13.8. The minimum atomic E-state index is -3.63. The number of rotatable bonds is 10. The summed E-state index contributed by atoms with van der Waals surface area (Å²) >= 11 is 0. The summed E-state index contributed by atoms with van der Waals surface area (Å²) in [5, 5.41) is 0.